The van der Waals surface area contributed by atoms with Crippen molar-refractivity contribution in [3.05, 3.63) is 29.8 Å². The Bertz CT molecular complexity index is 375. The maximum Gasteiger partial charge on any atom is 0.149 e. The van der Waals surface area contributed by atoms with E-state index >= 15 is 0 Å². The fraction of sp³-hybridized carbons (Fsp3) is 0.571. The Morgan fingerprint density at radius 2 is 2.06 bits per heavy atom. The largest absolute Gasteiger partial charge is 0.378 e. The molecule has 1 fully saturated rings. The summed E-state index contributed by atoms with van der Waals surface area (Å²) in [5.41, 5.74) is -0.0142. The van der Waals surface area contributed by atoms with Crippen LogP contribution in [0.2, 0.25) is 0 Å². The summed E-state index contributed by atoms with van der Waals surface area (Å²) in [7, 11) is 0. The molecular formula is C14H19F2NO. The normalized spacial score (nSPS) is 23.9. The molecule has 0 amide bonds. The molecule has 1 heterocycles. The van der Waals surface area contributed by atoms with Crippen LogP contribution >= 0.6 is 0 Å². The Kier molecular flexibility index (Phi) is 4.53. The second-order valence-electron chi connectivity index (χ2n) is 4.74. The van der Waals surface area contributed by atoms with Crippen LogP contribution in [0.15, 0.2) is 18.2 Å². The number of nitrogens with one attached hydrogen (secondary N) is 1. The lowest BCUT2D eigenvalue weighted by atomic mass is 10.00. The van der Waals surface area contributed by atoms with E-state index in [2.05, 4.69) is 12.2 Å². The maximum absolute atomic E-state index is 13.5. The predicted molar refractivity (Wildman–Crippen MR) is 67.7 cm³/mol. The Morgan fingerprint density at radius 3 is 2.72 bits per heavy atom. The molecule has 1 aromatic carbocycles. The first-order valence-corrected chi connectivity index (χ1v) is 6.53. The highest BCUT2D eigenvalue weighted by molar-refractivity contribution is 5.46. The number of para-hydroxylation sites is 1. The lowest BCUT2D eigenvalue weighted by Crippen LogP contribution is -2.34. The average Bonchev–Trinajstić information content (AvgIpc) is 2.35. The van der Waals surface area contributed by atoms with E-state index in [1.54, 1.807) is 0 Å². The zero-order chi connectivity index (χ0) is 13.0. The topological polar surface area (TPSA) is 21.3 Å². The average molecular weight is 255 g/mol. The Hall–Kier alpha value is -1.16. The van der Waals surface area contributed by atoms with Gasteiger partial charge in [0.2, 0.25) is 0 Å². The summed E-state index contributed by atoms with van der Waals surface area (Å²) >= 11 is 0. The van der Waals surface area contributed by atoms with Crippen molar-refractivity contribution >= 4 is 5.69 Å². The molecule has 0 aliphatic carbocycles. The second-order valence-corrected chi connectivity index (χ2v) is 4.74. The van der Waals surface area contributed by atoms with E-state index in [0.717, 1.165) is 25.7 Å². The van der Waals surface area contributed by atoms with Gasteiger partial charge in [-0.1, -0.05) is 19.4 Å². The third-order valence-electron chi connectivity index (χ3n) is 3.29. The van der Waals surface area contributed by atoms with E-state index < -0.39 is 11.6 Å². The molecule has 0 radical (unpaired) electrons. The molecule has 0 saturated carbocycles. The quantitative estimate of drug-likeness (QED) is 0.885. The third kappa shape index (κ3) is 3.19. The minimum atomic E-state index is -0.534. The zero-order valence-electron chi connectivity index (χ0n) is 10.6. The smallest absolute Gasteiger partial charge is 0.149 e. The molecule has 1 aromatic rings. The standard InChI is InChI=1S/C14H19F2NO/c1-2-4-11-9-10(7-8-18-11)17-14-12(15)5-3-6-13(14)16/h3,5-6,10-11,17H,2,4,7-9H2,1H3. The van der Waals surface area contributed by atoms with Crippen LogP contribution < -0.4 is 5.32 Å². The van der Waals surface area contributed by atoms with E-state index in [-0.39, 0.29) is 17.8 Å². The Labute approximate surface area is 106 Å². The van der Waals surface area contributed by atoms with E-state index in [1.165, 1.54) is 18.2 Å². The van der Waals surface area contributed by atoms with Crippen LogP contribution in [-0.4, -0.2) is 18.8 Å². The van der Waals surface area contributed by atoms with Crippen LogP contribution in [0.4, 0.5) is 14.5 Å². The fourth-order valence-corrected chi connectivity index (χ4v) is 2.37. The first-order chi connectivity index (χ1) is 8.70. The number of hydrogen-bond donors (Lipinski definition) is 1. The molecule has 0 aromatic heterocycles. The van der Waals surface area contributed by atoms with E-state index in [0.29, 0.717) is 6.61 Å². The van der Waals surface area contributed by atoms with Gasteiger partial charge in [0, 0.05) is 12.6 Å². The summed E-state index contributed by atoms with van der Waals surface area (Å²) in [5, 5.41) is 2.98. The van der Waals surface area contributed by atoms with Gasteiger partial charge >= 0.3 is 0 Å². The first-order valence-electron chi connectivity index (χ1n) is 6.53. The molecule has 1 aliphatic heterocycles. The zero-order valence-corrected chi connectivity index (χ0v) is 10.6. The van der Waals surface area contributed by atoms with Gasteiger partial charge in [-0.05, 0) is 31.4 Å². The highest BCUT2D eigenvalue weighted by Gasteiger charge is 2.23. The van der Waals surface area contributed by atoms with Crippen molar-refractivity contribution in [2.45, 2.75) is 44.8 Å². The summed E-state index contributed by atoms with van der Waals surface area (Å²) in [5.74, 6) is -1.07. The maximum atomic E-state index is 13.5. The fourth-order valence-electron chi connectivity index (χ4n) is 2.37. The summed E-state index contributed by atoms with van der Waals surface area (Å²) < 4.78 is 32.7. The van der Waals surface area contributed by atoms with Crippen LogP contribution in [0.1, 0.15) is 32.6 Å². The van der Waals surface area contributed by atoms with Gasteiger partial charge in [0.05, 0.1) is 6.10 Å². The highest BCUT2D eigenvalue weighted by atomic mass is 19.1. The molecule has 0 spiro atoms. The summed E-state index contributed by atoms with van der Waals surface area (Å²) in [4.78, 5) is 0. The van der Waals surface area contributed by atoms with Crippen LogP contribution in [0, 0.1) is 11.6 Å². The number of hydrogen-bond acceptors (Lipinski definition) is 2. The third-order valence-corrected chi connectivity index (χ3v) is 3.29. The van der Waals surface area contributed by atoms with Crippen molar-refractivity contribution in [3.8, 4) is 0 Å². The van der Waals surface area contributed by atoms with Crippen molar-refractivity contribution in [3.63, 3.8) is 0 Å². The van der Waals surface area contributed by atoms with Gasteiger partial charge in [0.25, 0.3) is 0 Å². The molecule has 1 N–H and O–H groups in total. The number of halogens is 2. The number of anilines is 1. The van der Waals surface area contributed by atoms with E-state index in [1.807, 2.05) is 0 Å². The SMILES string of the molecule is CCCC1CC(Nc2c(F)cccc2F)CCO1. The van der Waals surface area contributed by atoms with Gasteiger partial charge in [-0.2, -0.15) is 0 Å². The predicted octanol–water partition coefficient (Wildman–Crippen LogP) is 3.72. The molecule has 0 bridgehead atoms. The summed E-state index contributed by atoms with van der Waals surface area (Å²) in [6, 6.07) is 4.00. The molecular weight excluding hydrogens is 236 g/mol. The van der Waals surface area contributed by atoms with Gasteiger partial charge in [-0.15, -0.1) is 0 Å². The number of rotatable bonds is 4. The van der Waals surface area contributed by atoms with Gasteiger partial charge in [-0.3, -0.25) is 0 Å². The molecule has 1 saturated heterocycles. The van der Waals surface area contributed by atoms with Crippen molar-refractivity contribution in [2.24, 2.45) is 0 Å². The molecule has 18 heavy (non-hydrogen) atoms. The molecule has 100 valence electrons. The Balaban J connectivity index is 2.00. The molecule has 2 unspecified atom stereocenters. The van der Waals surface area contributed by atoms with Crippen LogP contribution in [0.5, 0.6) is 0 Å². The van der Waals surface area contributed by atoms with Gasteiger partial charge in [0.15, 0.2) is 0 Å². The van der Waals surface area contributed by atoms with Gasteiger partial charge in [0.1, 0.15) is 17.3 Å². The van der Waals surface area contributed by atoms with Crippen LogP contribution in [0.3, 0.4) is 0 Å². The van der Waals surface area contributed by atoms with Crippen molar-refractivity contribution in [1.82, 2.24) is 0 Å². The molecule has 1 aliphatic rings. The van der Waals surface area contributed by atoms with Crippen molar-refractivity contribution in [1.29, 1.82) is 0 Å². The number of ether oxygens (including phenoxy) is 1. The monoisotopic (exact) mass is 255 g/mol. The summed E-state index contributed by atoms with van der Waals surface area (Å²) in [6.45, 7) is 2.76. The molecule has 4 heteroatoms. The van der Waals surface area contributed by atoms with E-state index in [9.17, 15) is 8.78 Å². The van der Waals surface area contributed by atoms with Gasteiger partial charge in [-0.25, -0.2) is 8.78 Å². The first kappa shape index (κ1) is 13.3. The second kappa shape index (κ2) is 6.14. The van der Waals surface area contributed by atoms with Gasteiger partial charge < -0.3 is 10.1 Å². The van der Waals surface area contributed by atoms with Crippen molar-refractivity contribution in [2.75, 3.05) is 11.9 Å². The number of benzene rings is 1. The Morgan fingerprint density at radius 1 is 1.33 bits per heavy atom. The molecule has 2 nitrogen and oxygen atoms in total. The molecule has 2 atom stereocenters. The van der Waals surface area contributed by atoms with Crippen molar-refractivity contribution < 1.29 is 13.5 Å². The van der Waals surface area contributed by atoms with Crippen LogP contribution in [-0.2, 0) is 4.74 Å². The minimum Gasteiger partial charge on any atom is -0.378 e. The summed E-state index contributed by atoms with van der Waals surface area (Å²) in [6.07, 6.45) is 3.86. The van der Waals surface area contributed by atoms with Crippen LogP contribution in [0.25, 0.3) is 0 Å². The lowest BCUT2D eigenvalue weighted by Gasteiger charge is -2.30. The highest BCUT2D eigenvalue weighted by Crippen LogP contribution is 2.24. The minimum absolute atomic E-state index is 0.0142. The van der Waals surface area contributed by atoms with E-state index in [4.69, 9.17) is 4.74 Å². The lowest BCUT2D eigenvalue weighted by molar-refractivity contribution is 0.00588. The molecule has 2 rings (SSSR count).